The van der Waals surface area contributed by atoms with E-state index < -0.39 is 0 Å². The lowest BCUT2D eigenvalue weighted by Gasteiger charge is -2.01. The maximum Gasteiger partial charge on any atom is 0.141 e. The highest BCUT2D eigenvalue weighted by Gasteiger charge is 2.09. The zero-order chi connectivity index (χ0) is 10.1. The molecule has 0 aliphatic heterocycles. The Hall–Kier alpha value is -1.77. The van der Waals surface area contributed by atoms with Crippen molar-refractivity contribution in [2.75, 3.05) is 5.73 Å². The van der Waals surface area contributed by atoms with Crippen LogP contribution in [-0.2, 0) is 7.05 Å². The average molecular weight is 187 g/mol. The maximum absolute atomic E-state index is 5.84. The van der Waals surface area contributed by atoms with Gasteiger partial charge in [0.1, 0.15) is 11.6 Å². The number of aryl methyl sites for hydroxylation is 1. The number of rotatable bonds is 1. The molecule has 0 atom stereocenters. The van der Waals surface area contributed by atoms with Crippen LogP contribution in [0.3, 0.4) is 0 Å². The van der Waals surface area contributed by atoms with Crippen molar-refractivity contribution < 1.29 is 0 Å². The molecule has 0 saturated carbocycles. The third-order valence-corrected chi connectivity index (χ3v) is 2.36. The first-order chi connectivity index (χ1) is 6.70. The number of imidazole rings is 1. The van der Waals surface area contributed by atoms with E-state index in [1.165, 1.54) is 0 Å². The molecule has 0 amide bonds. The minimum absolute atomic E-state index is 0.726. The van der Waals surface area contributed by atoms with Crippen LogP contribution in [-0.4, -0.2) is 9.55 Å². The first-order valence-corrected chi connectivity index (χ1v) is 4.54. The van der Waals surface area contributed by atoms with Crippen LogP contribution in [0.15, 0.2) is 30.3 Å². The highest BCUT2D eigenvalue weighted by atomic mass is 15.1. The Balaban J connectivity index is 2.58. The van der Waals surface area contributed by atoms with Gasteiger partial charge in [0.15, 0.2) is 0 Å². The van der Waals surface area contributed by atoms with Crippen LogP contribution >= 0.6 is 0 Å². The van der Waals surface area contributed by atoms with Crippen molar-refractivity contribution in [2.45, 2.75) is 6.92 Å². The summed E-state index contributed by atoms with van der Waals surface area (Å²) in [5.41, 5.74) is 7.81. The molecule has 1 heterocycles. The molecule has 0 radical (unpaired) electrons. The van der Waals surface area contributed by atoms with E-state index in [2.05, 4.69) is 4.98 Å². The number of nitrogen functional groups attached to an aromatic ring is 1. The Labute approximate surface area is 83.2 Å². The second-order valence-electron chi connectivity index (χ2n) is 3.33. The molecule has 0 fully saturated rings. The summed E-state index contributed by atoms with van der Waals surface area (Å²) >= 11 is 0. The summed E-state index contributed by atoms with van der Waals surface area (Å²) in [6, 6.07) is 10.0. The van der Waals surface area contributed by atoms with E-state index in [0.29, 0.717) is 0 Å². The smallest absolute Gasteiger partial charge is 0.141 e. The van der Waals surface area contributed by atoms with Gasteiger partial charge in [-0.15, -0.1) is 0 Å². The van der Waals surface area contributed by atoms with E-state index >= 15 is 0 Å². The van der Waals surface area contributed by atoms with Gasteiger partial charge in [0.25, 0.3) is 0 Å². The summed E-state index contributed by atoms with van der Waals surface area (Å²) in [5.74, 6) is 1.64. The predicted molar refractivity (Wildman–Crippen MR) is 57.8 cm³/mol. The molecule has 3 nitrogen and oxygen atoms in total. The molecule has 0 aliphatic rings. The summed E-state index contributed by atoms with van der Waals surface area (Å²) in [6.07, 6.45) is 0. The van der Waals surface area contributed by atoms with Gasteiger partial charge in [0, 0.05) is 12.6 Å². The van der Waals surface area contributed by atoms with Crippen molar-refractivity contribution >= 4 is 5.82 Å². The summed E-state index contributed by atoms with van der Waals surface area (Å²) in [7, 11) is 1.93. The third kappa shape index (κ3) is 1.27. The Kier molecular flexibility index (Phi) is 2.00. The first-order valence-electron chi connectivity index (χ1n) is 4.54. The van der Waals surface area contributed by atoms with Crippen molar-refractivity contribution in [3.05, 3.63) is 36.0 Å². The molecule has 72 valence electrons. The van der Waals surface area contributed by atoms with E-state index in [9.17, 15) is 0 Å². The van der Waals surface area contributed by atoms with Crippen LogP contribution in [0.2, 0.25) is 0 Å². The van der Waals surface area contributed by atoms with Crippen LogP contribution in [0.5, 0.6) is 0 Å². The fraction of sp³-hybridized carbons (Fsp3) is 0.182. The van der Waals surface area contributed by atoms with Gasteiger partial charge in [-0.05, 0) is 6.92 Å². The van der Waals surface area contributed by atoms with E-state index in [0.717, 1.165) is 22.9 Å². The van der Waals surface area contributed by atoms with Crippen LogP contribution in [0.1, 0.15) is 5.69 Å². The average Bonchev–Trinajstić information content (AvgIpc) is 2.47. The Morgan fingerprint density at radius 2 is 1.86 bits per heavy atom. The minimum Gasteiger partial charge on any atom is -0.384 e. The predicted octanol–water partition coefficient (Wildman–Crippen LogP) is 1.98. The van der Waals surface area contributed by atoms with Crippen LogP contribution in [0, 0.1) is 6.92 Å². The molecule has 3 heteroatoms. The number of nitrogens with two attached hydrogens (primary N) is 1. The lowest BCUT2D eigenvalue weighted by Crippen LogP contribution is -1.98. The zero-order valence-corrected chi connectivity index (χ0v) is 8.36. The van der Waals surface area contributed by atoms with Gasteiger partial charge in [-0.3, -0.25) is 0 Å². The summed E-state index contributed by atoms with van der Waals surface area (Å²) in [6.45, 7) is 1.92. The van der Waals surface area contributed by atoms with Gasteiger partial charge in [-0.25, -0.2) is 4.98 Å². The second kappa shape index (κ2) is 3.18. The second-order valence-corrected chi connectivity index (χ2v) is 3.33. The number of anilines is 1. The van der Waals surface area contributed by atoms with Crippen LogP contribution < -0.4 is 5.73 Å². The van der Waals surface area contributed by atoms with Gasteiger partial charge in [-0.2, -0.15) is 0 Å². The molecule has 2 N–H and O–H groups in total. The SMILES string of the molecule is Cc1nc(-c2ccccc2)n(C)c1N. The van der Waals surface area contributed by atoms with E-state index in [1.807, 2.05) is 48.9 Å². The molecule has 0 spiro atoms. The molecular weight excluding hydrogens is 174 g/mol. The molecule has 14 heavy (non-hydrogen) atoms. The summed E-state index contributed by atoms with van der Waals surface area (Å²) in [5, 5.41) is 0. The third-order valence-electron chi connectivity index (χ3n) is 2.36. The maximum atomic E-state index is 5.84. The molecule has 2 rings (SSSR count). The normalized spacial score (nSPS) is 10.4. The highest BCUT2D eigenvalue weighted by Crippen LogP contribution is 2.21. The van der Waals surface area contributed by atoms with Gasteiger partial charge in [0.05, 0.1) is 5.69 Å². The lowest BCUT2D eigenvalue weighted by molar-refractivity contribution is 0.936. The number of aromatic nitrogens is 2. The molecule has 0 aliphatic carbocycles. The van der Waals surface area contributed by atoms with Gasteiger partial charge in [-0.1, -0.05) is 30.3 Å². The number of nitrogens with zero attached hydrogens (tertiary/aromatic N) is 2. The first kappa shape index (κ1) is 8.81. The molecule has 0 bridgehead atoms. The van der Waals surface area contributed by atoms with Crippen molar-refractivity contribution in [3.8, 4) is 11.4 Å². The van der Waals surface area contributed by atoms with E-state index in [-0.39, 0.29) is 0 Å². The summed E-state index contributed by atoms with van der Waals surface area (Å²) < 4.78 is 1.91. The molecule has 0 saturated heterocycles. The van der Waals surface area contributed by atoms with Gasteiger partial charge >= 0.3 is 0 Å². The summed E-state index contributed by atoms with van der Waals surface area (Å²) in [4.78, 5) is 4.42. The Morgan fingerprint density at radius 3 is 2.36 bits per heavy atom. The monoisotopic (exact) mass is 187 g/mol. The van der Waals surface area contributed by atoms with Crippen LogP contribution in [0.25, 0.3) is 11.4 Å². The van der Waals surface area contributed by atoms with E-state index in [4.69, 9.17) is 5.73 Å². The fourth-order valence-corrected chi connectivity index (χ4v) is 1.49. The molecule has 1 aromatic carbocycles. The number of hydrogen-bond donors (Lipinski definition) is 1. The number of benzene rings is 1. The standard InChI is InChI=1S/C11H13N3/c1-8-10(12)14(2)11(13-8)9-6-4-3-5-7-9/h3-7H,12H2,1-2H3. The largest absolute Gasteiger partial charge is 0.384 e. The molecule has 1 aromatic heterocycles. The van der Waals surface area contributed by atoms with Crippen molar-refractivity contribution in [1.29, 1.82) is 0 Å². The molecule has 2 aromatic rings. The van der Waals surface area contributed by atoms with Gasteiger partial charge in [0.2, 0.25) is 0 Å². The molecule has 0 unspecified atom stereocenters. The molecular formula is C11H13N3. The zero-order valence-electron chi connectivity index (χ0n) is 8.36. The minimum atomic E-state index is 0.726. The highest BCUT2D eigenvalue weighted by molar-refractivity contribution is 5.59. The lowest BCUT2D eigenvalue weighted by atomic mass is 10.2. The van der Waals surface area contributed by atoms with E-state index in [1.54, 1.807) is 0 Å². The van der Waals surface area contributed by atoms with Crippen molar-refractivity contribution in [3.63, 3.8) is 0 Å². The topological polar surface area (TPSA) is 43.8 Å². The van der Waals surface area contributed by atoms with Gasteiger partial charge < -0.3 is 10.3 Å². The quantitative estimate of drug-likeness (QED) is 0.741. The fourth-order valence-electron chi connectivity index (χ4n) is 1.49. The number of hydrogen-bond acceptors (Lipinski definition) is 2. The Morgan fingerprint density at radius 1 is 1.21 bits per heavy atom. The van der Waals surface area contributed by atoms with Crippen molar-refractivity contribution in [1.82, 2.24) is 9.55 Å². The Bertz CT molecular complexity index is 443. The van der Waals surface area contributed by atoms with Crippen molar-refractivity contribution in [2.24, 2.45) is 7.05 Å². The van der Waals surface area contributed by atoms with Crippen LogP contribution in [0.4, 0.5) is 5.82 Å².